The Kier molecular flexibility index (Phi) is 8.84. The van der Waals surface area contributed by atoms with E-state index in [1.54, 1.807) is 18.2 Å². The number of furan rings is 1. The van der Waals surface area contributed by atoms with Crippen molar-refractivity contribution in [2.75, 3.05) is 0 Å². The van der Waals surface area contributed by atoms with Crippen LogP contribution in [0.4, 0.5) is 5.69 Å². The summed E-state index contributed by atoms with van der Waals surface area (Å²) in [5.41, 5.74) is 13.0. The predicted molar refractivity (Wildman–Crippen MR) is 236 cm³/mol. The number of hydrogen-bond donors (Lipinski definition) is 0. The van der Waals surface area contributed by atoms with Crippen molar-refractivity contribution >= 4 is 27.6 Å². The molecule has 0 aliphatic carbocycles. The van der Waals surface area contributed by atoms with E-state index in [0.29, 0.717) is 28.7 Å². The summed E-state index contributed by atoms with van der Waals surface area (Å²) in [6, 6.07) is 65.1. The first-order valence-corrected chi connectivity index (χ1v) is 19.2. The highest BCUT2D eigenvalue weighted by molar-refractivity contribution is 6.13. The minimum absolute atomic E-state index is 0.417. The maximum absolute atomic E-state index is 9.60. The van der Waals surface area contributed by atoms with Gasteiger partial charge < -0.3 is 4.42 Å². The van der Waals surface area contributed by atoms with Crippen LogP contribution in [0.25, 0.3) is 105 Å². The molecule has 6 nitrogen and oxygen atoms in total. The van der Waals surface area contributed by atoms with Gasteiger partial charge in [-0.25, -0.2) is 19.8 Å². The molecule has 0 aliphatic heterocycles. The van der Waals surface area contributed by atoms with Gasteiger partial charge >= 0.3 is 0 Å². The molecule has 274 valence electrons. The standard InChI is InChI=1S/C53H31N5O/c1-55-45-27-34(33-54)26-41(31-45)37-20-22-39(23-21-37)51-56-52(40-24-25-47-49(32-40)59-48-19-11-18-46(50(47)48)38-16-9-4-10-17-38)58-53(57-51)44-29-42(35-12-5-2-6-13-35)28-43(30-44)36-14-7-3-8-15-36/h2-32H. The Bertz CT molecular complexity index is 3180. The Morgan fingerprint density at radius 2 is 0.949 bits per heavy atom. The van der Waals surface area contributed by atoms with Gasteiger partial charge in [0.05, 0.1) is 12.6 Å². The van der Waals surface area contributed by atoms with Crippen LogP contribution in [0.3, 0.4) is 0 Å². The van der Waals surface area contributed by atoms with Crippen molar-refractivity contribution in [2.24, 2.45) is 0 Å². The molecular weight excluding hydrogens is 723 g/mol. The summed E-state index contributed by atoms with van der Waals surface area (Å²) in [7, 11) is 0. The van der Waals surface area contributed by atoms with E-state index >= 15 is 0 Å². The van der Waals surface area contributed by atoms with Crippen LogP contribution >= 0.6 is 0 Å². The van der Waals surface area contributed by atoms with Gasteiger partial charge in [-0.05, 0) is 99.1 Å². The number of rotatable bonds is 7. The summed E-state index contributed by atoms with van der Waals surface area (Å²) in [6.45, 7) is 7.53. The Morgan fingerprint density at radius 1 is 0.424 bits per heavy atom. The molecule has 0 N–H and O–H groups in total. The first-order valence-electron chi connectivity index (χ1n) is 19.2. The van der Waals surface area contributed by atoms with Gasteiger partial charge in [-0.15, -0.1) is 0 Å². The molecule has 0 radical (unpaired) electrons. The topological polar surface area (TPSA) is 80.0 Å². The van der Waals surface area contributed by atoms with Crippen molar-refractivity contribution in [1.82, 2.24) is 15.0 Å². The molecule has 6 heteroatoms. The minimum atomic E-state index is 0.417. The molecule has 8 aromatic carbocycles. The first-order chi connectivity index (χ1) is 29.1. The molecule has 2 heterocycles. The van der Waals surface area contributed by atoms with Crippen molar-refractivity contribution in [1.29, 1.82) is 5.26 Å². The van der Waals surface area contributed by atoms with Crippen molar-refractivity contribution < 1.29 is 4.42 Å². The molecule has 2 aromatic heterocycles. The fourth-order valence-electron chi connectivity index (χ4n) is 7.66. The Hall–Kier alpha value is -8.45. The van der Waals surface area contributed by atoms with Gasteiger partial charge in [0.2, 0.25) is 0 Å². The largest absolute Gasteiger partial charge is 0.456 e. The zero-order valence-electron chi connectivity index (χ0n) is 31.5. The molecule has 0 atom stereocenters. The van der Waals surface area contributed by atoms with Crippen LogP contribution in [0.1, 0.15) is 5.56 Å². The third kappa shape index (κ3) is 6.78. The Labute approximate surface area is 340 Å². The lowest BCUT2D eigenvalue weighted by atomic mass is 9.96. The van der Waals surface area contributed by atoms with E-state index in [0.717, 1.165) is 83.1 Å². The highest BCUT2D eigenvalue weighted by Gasteiger charge is 2.18. The van der Waals surface area contributed by atoms with Crippen molar-refractivity contribution in [3.63, 3.8) is 0 Å². The van der Waals surface area contributed by atoms with E-state index in [-0.39, 0.29) is 0 Å². The normalized spacial score (nSPS) is 11.0. The summed E-state index contributed by atoms with van der Waals surface area (Å²) in [6.07, 6.45) is 0. The average molecular weight is 754 g/mol. The van der Waals surface area contributed by atoms with Gasteiger partial charge in [0, 0.05) is 33.0 Å². The average Bonchev–Trinajstić information content (AvgIpc) is 3.70. The lowest BCUT2D eigenvalue weighted by Crippen LogP contribution is -2.00. The molecular formula is C53H31N5O. The SMILES string of the molecule is [C-]#[N+]c1cc(C#N)cc(-c2ccc(-c3nc(-c4cc(-c5ccccc5)cc(-c5ccccc5)c4)nc(-c4ccc5c(c4)oc4cccc(-c6ccccc6)c45)n3)cc2)c1. The van der Waals surface area contributed by atoms with E-state index in [2.05, 4.69) is 83.7 Å². The van der Waals surface area contributed by atoms with Crippen LogP contribution in [0.5, 0.6) is 0 Å². The van der Waals surface area contributed by atoms with Crippen molar-refractivity contribution in [3.8, 4) is 84.7 Å². The second kappa shape index (κ2) is 14.9. The molecule has 0 unspecified atom stereocenters. The molecule has 0 saturated heterocycles. The summed E-state index contributed by atoms with van der Waals surface area (Å²) in [5, 5.41) is 11.7. The zero-order chi connectivity index (χ0) is 39.7. The fraction of sp³-hybridized carbons (Fsp3) is 0. The van der Waals surface area contributed by atoms with Gasteiger partial charge in [0.25, 0.3) is 0 Å². The molecule has 0 saturated carbocycles. The smallest absolute Gasteiger partial charge is 0.189 e. The Balaban J connectivity index is 1.15. The van der Waals surface area contributed by atoms with Crippen LogP contribution in [0.2, 0.25) is 0 Å². The van der Waals surface area contributed by atoms with Crippen LogP contribution < -0.4 is 0 Å². The van der Waals surface area contributed by atoms with Crippen molar-refractivity contribution in [3.05, 3.63) is 205 Å². The van der Waals surface area contributed by atoms with E-state index in [1.807, 2.05) is 97.1 Å². The maximum atomic E-state index is 9.60. The number of fused-ring (bicyclic) bond motifs is 3. The van der Waals surface area contributed by atoms with Gasteiger partial charge in [0.15, 0.2) is 23.2 Å². The van der Waals surface area contributed by atoms with E-state index in [9.17, 15) is 5.26 Å². The third-order valence-corrected chi connectivity index (χ3v) is 10.5. The first kappa shape index (κ1) is 35.0. The van der Waals surface area contributed by atoms with Crippen LogP contribution in [0.15, 0.2) is 192 Å². The van der Waals surface area contributed by atoms with Gasteiger partial charge in [-0.2, -0.15) is 5.26 Å². The number of hydrogen-bond acceptors (Lipinski definition) is 5. The molecule has 10 rings (SSSR count). The number of aromatic nitrogens is 3. The second-order valence-electron chi connectivity index (χ2n) is 14.3. The van der Waals surface area contributed by atoms with Crippen LogP contribution in [-0.4, -0.2) is 15.0 Å². The van der Waals surface area contributed by atoms with Crippen molar-refractivity contribution in [2.45, 2.75) is 0 Å². The second-order valence-corrected chi connectivity index (χ2v) is 14.3. The van der Waals surface area contributed by atoms with Gasteiger partial charge in [-0.3, -0.25) is 0 Å². The summed E-state index contributed by atoms with van der Waals surface area (Å²) in [5.74, 6) is 1.55. The Morgan fingerprint density at radius 3 is 1.58 bits per heavy atom. The van der Waals surface area contributed by atoms with Gasteiger partial charge in [0.1, 0.15) is 11.2 Å². The number of nitriles is 1. The van der Waals surface area contributed by atoms with Crippen LogP contribution in [-0.2, 0) is 0 Å². The molecule has 0 fully saturated rings. The third-order valence-electron chi connectivity index (χ3n) is 10.5. The quantitative estimate of drug-likeness (QED) is 0.151. The summed E-state index contributed by atoms with van der Waals surface area (Å²) >= 11 is 0. The van der Waals surface area contributed by atoms with E-state index in [1.165, 1.54) is 0 Å². The van der Waals surface area contributed by atoms with Gasteiger partial charge in [-0.1, -0.05) is 133 Å². The molecule has 0 bridgehead atoms. The monoisotopic (exact) mass is 753 g/mol. The van der Waals surface area contributed by atoms with E-state index < -0.39 is 0 Å². The lowest BCUT2D eigenvalue weighted by Gasteiger charge is -2.13. The molecule has 0 amide bonds. The highest BCUT2D eigenvalue weighted by Crippen LogP contribution is 2.39. The minimum Gasteiger partial charge on any atom is -0.456 e. The van der Waals surface area contributed by atoms with Crippen LogP contribution in [0, 0.1) is 17.9 Å². The fourth-order valence-corrected chi connectivity index (χ4v) is 7.66. The zero-order valence-corrected chi connectivity index (χ0v) is 31.5. The maximum Gasteiger partial charge on any atom is 0.189 e. The molecule has 0 spiro atoms. The molecule has 10 aromatic rings. The molecule has 59 heavy (non-hydrogen) atoms. The predicted octanol–water partition coefficient (Wildman–Crippen LogP) is 13.9. The highest BCUT2D eigenvalue weighted by atomic mass is 16.3. The number of nitrogens with zero attached hydrogens (tertiary/aromatic N) is 5. The summed E-state index contributed by atoms with van der Waals surface area (Å²) < 4.78 is 6.51. The lowest BCUT2D eigenvalue weighted by molar-refractivity contribution is 0.669. The summed E-state index contributed by atoms with van der Waals surface area (Å²) in [4.78, 5) is 19.0. The molecule has 0 aliphatic rings. The van der Waals surface area contributed by atoms with E-state index in [4.69, 9.17) is 25.9 Å². The number of benzene rings is 8.